The average Bonchev–Trinajstić information content (AvgIpc) is 2.68. The van der Waals surface area contributed by atoms with Crippen molar-refractivity contribution in [3.05, 3.63) is 35.4 Å². The number of benzene rings is 2. The predicted molar refractivity (Wildman–Crippen MR) is 121 cm³/mol. The Morgan fingerprint density at radius 3 is 1.28 bits per heavy atom. The molecular formula is C19H24N8O2. The summed E-state index contributed by atoms with van der Waals surface area (Å²) in [5, 5.41) is 0. The van der Waals surface area contributed by atoms with E-state index in [0.717, 1.165) is 0 Å². The molecule has 0 radical (unpaired) electrons. The van der Waals surface area contributed by atoms with E-state index in [9.17, 15) is 9.59 Å². The second-order valence-electron chi connectivity index (χ2n) is 6.37. The lowest BCUT2D eigenvalue weighted by molar-refractivity contribution is -0.121. The van der Waals surface area contributed by atoms with Crippen molar-refractivity contribution in [2.24, 2.45) is 0 Å². The quantitative estimate of drug-likeness (QED) is 0.192. The van der Waals surface area contributed by atoms with E-state index in [1.165, 1.54) is 36.4 Å². The molecule has 0 aliphatic rings. The number of hydrogen-bond donors (Lipinski definition) is 8. The number of allylic oxidation sites excluding steroid dienone is 2. The standard InChI is InChI=1S/C19H24N8O2/c20-12-5-8(14(22)18(26)16(12)24)1-3-10(28)7-11(29)4-2-9-6-13(21)17(25)19(27)15(9)23/h1-6H,7,20-27H2/b3-1+,4-2+. The highest BCUT2D eigenvalue weighted by Crippen LogP contribution is 2.33. The summed E-state index contributed by atoms with van der Waals surface area (Å²) in [6.45, 7) is 0. The minimum atomic E-state index is -0.447. The van der Waals surface area contributed by atoms with Gasteiger partial charge in [0.25, 0.3) is 0 Å². The van der Waals surface area contributed by atoms with Gasteiger partial charge in [0.2, 0.25) is 0 Å². The van der Waals surface area contributed by atoms with Crippen molar-refractivity contribution in [3.8, 4) is 0 Å². The van der Waals surface area contributed by atoms with E-state index in [1.54, 1.807) is 0 Å². The molecule has 0 atom stereocenters. The molecule has 29 heavy (non-hydrogen) atoms. The number of rotatable bonds is 6. The normalized spacial score (nSPS) is 11.3. The van der Waals surface area contributed by atoms with Crippen LogP contribution in [0.2, 0.25) is 0 Å². The Kier molecular flexibility index (Phi) is 5.88. The van der Waals surface area contributed by atoms with Crippen LogP contribution in [0.3, 0.4) is 0 Å². The molecule has 2 rings (SSSR count). The molecule has 16 N–H and O–H groups in total. The monoisotopic (exact) mass is 396 g/mol. The fraction of sp³-hybridized carbons (Fsp3) is 0.0526. The van der Waals surface area contributed by atoms with Crippen molar-refractivity contribution in [2.75, 3.05) is 45.9 Å². The van der Waals surface area contributed by atoms with Gasteiger partial charge in [-0.1, -0.05) is 0 Å². The van der Waals surface area contributed by atoms with E-state index >= 15 is 0 Å². The van der Waals surface area contributed by atoms with Gasteiger partial charge in [-0.3, -0.25) is 9.59 Å². The summed E-state index contributed by atoms with van der Waals surface area (Å²) >= 11 is 0. The Balaban J connectivity index is 2.10. The van der Waals surface area contributed by atoms with Crippen molar-refractivity contribution < 1.29 is 9.59 Å². The molecule has 0 aromatic heterocycles. The van der Waals surface area contributed by atoms with E-state index in [4.69, 9.17) is 45.9 Å². The maximum Gasteiger partial charge on any atom is 0.163 e. The number of anilines is 8. The number of nitrogens with two attached hydrogens (primary N) is 8. The predicted octanol–water partition coefficient (Wildman–Crippen LogP) is 0.599. The first kappa shape index (κ1) is 21.0. The van der Waals surface area contributed by atoms with E-state index in [2.05, 4.69) is 0 Å². The number of carbonyl (C=O) groups is 2. The van der Waals surface area contributed by atoms with Gasteiger partial charge in [-0.15, -0.1) is 0 Å². The SMILES string of the molecule is Nc1cc(/C=C/C(=O)CC(=O)/C=C/c2cc(N)c(N)c(N)c2N)c(N)c(N)c1N. The molecule has 152 valence electrons. The van der Waals surface area contributed by atoms with Gasteiger partial charge in [-0.2, -0.15) is 0 Å². The number of hydrogen-bond acceptors (Lipinski definition) is 10. The molecule has 0 unspecified atom stereocenters. The third-order valence-corrected chi connectivity index (χ3v) is 4.27. The fourth-order valence-corrected chi connectivity index (χ4v) is 2.49. The van der Waals surface area contributed by atoms with Crippen LogP contribution < -0.4 is 45.9 Å². The van der Waals surface area contributed by atoms with Gasteiger partial charge in [0.05, 0.1) is 51.9 Å². The summed E-state index contributed by atoms with van der Waals surface area (Å²) in [4.78, 5) is 24.1. The molecular weight excluding hydrogens is 372 g/mol. The summed E-state index contributed by atoms with van der Waals surface area (Å²) in [5.41, 5.74) is 48.4. The fourth-order valence-electron chi connectivity index (χ4n) is 2.49. The van der Waals surface area contributed by atoms with Crippen LogP contribution in [0.15, 0.2) is 24.3 Å². The number of nitrogen functional groups attached to an aromatic ring is 8. The highest BCUT2D eigenvalue weighted by atomic mass is 16.1. The summed E-state index contributed by atoms with van der Waals surface area (Å²) in [6.07, 6.45) is 4.88. The Morgan fingerprint density at radius 1 is 0.586 bits per heavy atom. The highest BCUT2D eigenvalue weighted by Gasteiger charge is 2.11. The largest absolute Gasteiger partial charge is 0.397 e. The second-order valence-corrected chi connectivity index (χ2v) is 6.37. The maximum atomic E-state index is 12.1. The molecule has 2 aromatic rings. The van der Waals surface area contributed by atoms with Crippen LogP contribution in [-0.4, -0.2) is 11.6 Å². The molecule has 0 fully saturated rings. The summed E-state index contributed by atoms with van der Waals surface area (Å²) < 4.78 is 0. The van der Waals surface area contributed by atoms with Crippen molar-refractivity contribution >= 4 is 69.2 Å². The van der Waals surface area contributed by atoms with Gasteiger partial charge in [0.15, 0.2) is 11.6 Å². The summed E-state index contributed by atoms with van der Waals surface area (Å²) in [7, 11) is 0. The first-order valence-corrected chi connectivity index (χ1v) is 8.40. The first-order chi connectivity index (χ1) is 13.5. The Hall–Kier alpha value is -4.34. The van der Waals surface area contributed by atoms with Crippen molar-refractivity contribution in [2.45, 2.75) is 6.42 Å². The Bertz CT molecular complexity index is 974. The van der Waals surface area contributed by atoms with Gasteiger partial charge in [-0.25, -0.2) is 0 Å². The molecule has 0 aliphatic carbocycles. The molecule has 0 amide bonds. The van der Waals surface area contributed by atoms with Crippen LogP contribution >= 0.6 is 0 Å². The highest BCUT2D eigenvalue weighted by molar-refractivity contribution is 6.11. The molecule has 0 bridgehead atoms. The van der Waals surface area contributed by atoms with E-state index < -0.39 is 11.6 Å². The molecule has 10 nitrogen and oxygen atoms in total. The lowest BCUT2D eigenvalue weighted by atomic mass is 10.1. The van der Waals surface area contributed by atoms with Gasteiger partial charge in [-0.05, 0) is 36.4 Å². The zero-order chi connectivity index (χ0) is 21.9. The minimum absolute atomic E-state index is 0.135. The van der Waals surface area contributed by atoms with Crippen LogP contribution in [0, 0.1) is 0 Å². The van der Waals surface area contributed by atoms with E-state index in [-0.39, 0.29) is 51.9 Å². The van der Waals surface area contributed by atoms with Crippen LogP contribution in [0.4, 0.5) is 45.5 Å². The van der Waals surface area contributed by atoms with E-state index in [0.29, 0.717) is 11.1 Å². The number of carbonyl (C=O) groups excluding carboxylic acids is 2. The first-order valence-electron chi connectivity index (χ1n) is 8.40. The van der Waals surface area contributed by atoms with E-state index in [1.807, 2.05) is 0 Å². The molecule has 10 heteroatoms. The van der Waals surface area contributed by atoms with Gasteiger partial charge in [0.1, 0.15) is 0 Å². The molecule has 0 spiro atoms. The number of ketones is 2. The Morgan fingerprint density at radius 2 is 0.931 bits per heavy atom. The van der Waals surface area contributed by atoms with Crippen LogP contribution in [0.5, 0.6) is 0 Å². The van der Waals surface area contributed by atoms with Gasteiger partial charge in [0, 0.05) is 11.1 Å². The van der Waals surface area contributed by atoms with Gasteiger partial charge >= 0.3 is 0 Å². The smallest absolute Gasteiger partial charge is 0.163 e. The lowest BCUT2D eigenvalue weighted by Crippen LogP contribution is -2.06. The molecule has 0 aliphatic heterocycles. The molecule has 0 saturated heterocycles. The maximum absolute atomic E-state index is 12.1. The second kappa shape index (κ2) is 8.13. The third kappa shape index (κ3) is 4.50. The zero-order valence-corrected chi connectivity index (χ0v) is 15.6. The summed E-state index contributed by atoms with van der Waals surface area (Å²) in [6, 6.07) is 2.98. The van der Waals surface area contributed by atoms with Crippen LogP contribution in [0.1, 0.15) is 17.5 Å². The molecule has 2 aromatic carbocycles. The third-order valence-electron chi connectivity index (χ3n) is 4.27. The topological polar surface area (TPSA) is 242 Å². The van der Waals surface area contributed by atoms with Crippen molar-refractivity contribution in [3.63, 3.8) is 0 Å². The lowest BCUT2D eigenvalue weighted by Gasteiger charge is -2.10. The van der Waals surface area contributed by atoms with Gasteiger partial charge < -0.3 is 45.9 Å². The molecule has 0 heterocycles. The van der Waals surface area contributed by atoms with Crippen LogP contribution in [-0.2, 0) is 9.59 Å². The summed E-state index contributed by atoms with van der Waals surface area (Å²) in [5.74, 6) is -0.894. The zero-order valence-electron chi connectivity index (χ0n) is 15.6. The van der Waals surface area contributed by atoms with Crippen LogP contribution in [0.25, 0.3) is 12.2 Å². The average molecular weight is 396 g/mol. The molecule has 0 saturated carbocycles. The Labute approximate surface area is 167 Å². The van der Waals surface area contributed by atoms with Crippen molar-refractivity contribution in [1.29, 1.82) is 0 Å². The van der Waals surface area contributed by atoms with Crippen molar-refractivity contribution in [1.82, 2.24) is 0 Å². The minimum Gasteiger partial charge on any atom is -0.397 e.